The lowest BCUT2D eigenvalue weighted by Crippen LogP contribution is -2.48. The molecule has 1 aliphatic heterocycles. The summed E-state index contributed by atoms with van der Waals surface area (Å²) in [7, 11) is 0. The molecular formula is C14H29N3. The smallest absolute Gasteiger partial charge is 0.0235 e. The van der Waals surface area contributed by atoms with E-state index in [9.17, 15) is 0 Å². The minimum Gasteiger partial charge on any atom is -0.325 e. The summed E-state index contributed by atoms with van der Waals surface area (Å²) in [6.45, 7) is 10.7. The second-order valence-electron chi connectivity index (χ2n) is 5.93. The number of rotatable bonds is 6. The molecule has 0 aromatic heterocycles. The summed E-state index contributed by atoms with van der Waals surface area (Å²) in [6, 6.07) is 0.792. The van der Waals surface area contributed by atoms with Gasteiger partial charge in [0.25, 0.3) is 0 Å². The molecule has 0 bridgehead atoms. The third kappa shape index (κ3) is 3.21. The Morgan fingerprint density at radius 3 is 2.53 bits per heavy atom. The number of likely N-dealkylation sites (N-methyl/N-ethyl adjacent to an activating group) is 1. The van der Waals surface area contributed by atoms with E-state index in [1.807, 2.05) is 0 Å². The van der Waals surface area contributed by atoms with Crippen molar-refractivity contribution < 1.29 is 0 Å². The zero-order valence-electron chi connectivity index (χ0n) is 11.6. The highest BCUT2D eigenvalue weighted by Gasteiger charge is 2.33. The van der Waals surface area contributed by atoms with Crippen LogP contribution in [0.3, 0.4) is 0 Å². The summed E-state index contributed by atoms with van der Waals surface area (Å²) >= 11 is 0. The molecule has 0 amide bonds. The summed E-state index contributed by atoms with van der Waals surface area (Å²) in [5.41, 5.74) is 6.49. The number of likely N-dealkylation sites (tertiary alicyclic amines) is 1. The molecule has 0 spiro atoms. The van der Waals surface area contributed by atoms with Crippen molar-refractivity contribution in [1.82, 2.24) is 9.80 Å². The molecule has 2 rings (SSSR count). The standard InChI is InChI=1S/C14H29N3/c1-3-17(4-2)13-6-10-16(12-13)11-9-14(15)7-5-8-14/h13H,3-12,15H2,1-2H3. The van der Waals surface area contributed by atoms with E-state index in [1.54, 1.807) is 0 Å². The number of nitrogens with two attached hydrogens (primary N) is 1. The Balaban J connectivity index is 1.70. The Bertz CT molecular complexity index is 234. The molecule has 1 heterocycles. The normalized spacial score (nSPS) is 28.6. The molecule has 1 saturated heterocycles. The van der Waals surface area contributed by atoms with Gasteiger partial charge in [0.05, 0.1) is 0 Å². The highest BCUT2D eigenvalue weighted by atomic mass is 15.2. The van der Waals surface area contributed by atoms with Gasteiger partial charge in [0.2, 0.25) is 0 Å². The Labute approximate surface area is 106 Å². The van der Waals surface area contributed by atoms with Gasteiger partial charge in [-0.15, -0.1) is 0 Å². The van der Waals surface area contributed by atoms with E-state index >= 15 is 0 Å². The van der Waals surface area contributed by atoms with E-state index in [2.05, 4.69) is 23.6 Å². The minimum atomic E-state index is 0.202. The number of hydrogen-bond donors (Lipinski definition) is 1. The molecule has 2 N–H and O–H groups in total. The van der Waals surface area contributed by atoms with Crippen LogP contribution >= 0.6 is 0 Å². The van der Waals surface area contributed by atoms with Gasteiger partial charge in [0, 0.05) is 18.1 Å². The lowest BCUT2D eigenvalue weighted by atomic mass is 9.75. The molecule has 100 valence electrons. The van der Waals surface area contributed by atoms with Crippen molar-refractivity contribution in [2.75, 3.05) is 32.7 Å². The Morgan fingerprint density at radius 1 is 1.29 bits per heavy atom. The first kappa shape index (κ1) is 13.3. The predicted molar refractivity (Wildman–Crippen MR) is 73.2 cm³/mol. The second-order valence-corrected chi connectivity index (χ2v) is 5.93. The van der Waals surface area contributed by atoms with Crippen molar-refractivity contribution in [1.29, 1.82) is 0 Å². The molecule has 0 aromatic carbocycles. The van der Waals surface area contributed by atoms with E-state index in [4.69, 9.17) is 5.73 Å². The van der Waals surface area contributed by atoms with Gasteiger partial charge in [0.15, 0.2) is 0 Å². The Kier molecular flexibility index (Phi) is 4.45. The largest absolute Gasteiger partial charge is 0.325 e. The lowest BCUT2D eigenvalue weighted by Gasteiger charge is -2.39. The van der Waals surface area contributed by atoms with E-state index < -0.39 is 0 Å². The van der Waals surface area contributed by atoms with Crippen LogP contribution in [0.4, 0.5) is 0 Å². The molecule has 0 radical (unpaired) electrons. The molecule has 1 aliphatic carbocycles. The topological polar surface area (TPSA) is 32.5 Å². The van der Waals surface area contributed by atoms with E-state index in [-0.39, 0.29) is 5.54 Å². The van der Waals surface area contributed by atoms with E-state index in [0.29, 0.717) is 0 Å². The highest BCUT2D eigenvalue weighted by Crippen LogP contribution is 2.32. The molecular weight excluding hydrogens is 210 g/mol. The first-order valence-electron chi connectivity index (χ1n) is 7.42. The van der Waals surface area contributed by atoms with Crippen molar-refractivity contribution in [2.45, 2.75) is 57.5 Å². The van der Waals surface area contributed by atoms with Gasteiger partial charge in [-0.1, -0.05) is 13.8 Å². The minimum absolute atomic E-state index is 0.202. The van der Waals surface area contributed by atoms with Crippen molar-refractivity contribution in [3.8, 4) is 0 Å². The highest BCUT2D eigenvalue weighted by molar-refractivity contribution is 4.94. The van der Waals surface area contributed by atoms with Gasteiger partial charge in [-0.25, -0.2) is 0 Å². The van der Waals surface area contributed by atoms with Gasteiger partial charge in [0.1, 0.15) is 0 Å². The zero-order valence-corrected chi connectivity index (χ0v) is 11.6. The molecule has 3 heteroatoms. The van der Waals surface area contributed by atoms with Crippen LogP contribution in [0.5, 0.6) is 0 Å². The Morgan fingerprint density at radius 2 is 2.00 bits per heavy atom. The van der Waals surface area contributed by atoms with Crippen LogP contribution in [0.25, 0.3) is 0 Å². The maximum atomic E-state index is 6.29. The van der Waals surface area contributed by atoms with Crippen LogP contribution in [-0.4, -0.2) is 54.1 Å². The van der Waals surface area contributed by atoms with E-state index in [0.717, 1.165) is 6.04 Å². The first-order valence-corrected chi connectivity index (χ1v) is 7.42. The average Bonchev–Trinajstić information content (AvgIpc) is 2.74. The molecule has 1 atom stereocenters. The molecule has 1 unspecified atom stereocenters. The van der Waals surface area contributed by atoms with E-state index in [1.165, 1.54) is 64.8 Å². The van der Waals surface area contributed by atoms with Gasteiger partial charge in [-0.2, -0.15) is 0 Å². The third-order valence-corrected chi connectivity index (χ3v) is 4.85. The van der Waals surface area contributed by atoms with Crippen LogP contribution in [0.2, 0.25) is 0 Å². The monoisotopic (exact) mass is 239 g/mol. The third-order valence-electron chi connectivity index (χ3n) is 4.85. The summed E-state index contributed by atoms with van der Waals surface area (Å²) < 4.78 is 0. The molecule has 1 saturated carbocycles. The van der Waals surface area contributed by atoms with Gasteiger partial charge in [-0.05, 0) is 58.3 Å². The first-order chi connectivity index (χ1) is 8.17. The van der Waals surface area contributed by atoms with Crippen molar-refractivity contribution in [3.63, 3.8) is 0 Å². The zero-order chi connectivity index (χ0) is 12.3. The predicted octanol–water partition coefficient (Wildman–Crippen LogP) is 1.67. The van der Waals surface area contributed by atoms with Crippen LogP contribution in [-0.2, 0) is 0 Å². The quantitative estimate of drug-likeness (QED) is 0.765. The fourth-order valence-corrected chi connectivity index (χ4v) is 3.32. The second kappa shape index (κ2) is 5.68. The molecule has 0 aromatic rings. The molecule has 17 heavy (non-hydrogen) atoms. The summed E-state index contributed by atoms with van der Waals surface area (Å²) in [5.74, 6) is 0. The van der Waals surface area contributed by atoms with Crippen molar-refractivity contribution in [2.24, 2.45) is 5.73 Å². The fraction of sp³-hybridized carbons (Fsp3) is 1.00. The van der Waals surface area contributed by atoms with Crippen LogP contribution < -0.4 is 5.73 Å². The molecule has 2 aliphatic rings. The number of hydrogen-bond acceptors (Lipinski definition) is 3. The van der Waals surface area contributed by atoms with Crippen LogP contribution in [0, 0.1) is 0 Å². The van der Waals surface area contributed by atoms with Gasteiger partial charge >= 0.3 is 0 Å². The van der Waals surface area contributed by atoms with Crippen LogP contribution in [0.15, 0.2) is 0 Å². The summed E-state index contributed by atoms with van der Waals surface area (Å²) in [6.07, 6.45) is 6.40. The SMILES string of the molecule is CCN(CC)C1CCN(CCC2(N)CCC2)C1. The van der Waals surface area contributed by atoms with Gasteiger partial charge < -0.3 is 10.6 Å². The number of nitrogens with zero attached hydrogens (tertiary/aromatic N) is 2. The maximum Gasteiger partial charge on any atom is 0.0235 e. The maximum absolute atomic E-state index is 6.29. The summed E-state index contributed by atoms with van der Waals surface area (Å²) in [5, 5.41) is 0. The fourth-order valence-electron chi connectivity index (χ4n) is 3.32. The average molecular weight is 239 g/mol. The van der Waals surface area contributed by atoms with Crippen molar-refractivity contribution >= 4 is 0 Å². The lowest BCUT2D eigenvalue weighted by molar-refractivity contribution is 0.180. The van der Waals surface area contributed by atoms with Crippen LogP contribution in [0.1, 0.15) is 46.0 Å². The van der Waals surface area contributed by atoms with Gasteiger partial charge in [-0.3, -0.25) is 4.90 Å². The summed E-state index contributed by atoms with van der Waals surface area (Å²) in [4.78, 5) is 5.22. The van der Waals surface area contributed by atoms with Crippen molar-refractivity contribution in [3.05, 3.63) is 0 Å². The molecule has 2 fully saturated rings. The Hall–Kier alpha value is -0.120. The molecule has 3 nitrogen and oxygen atoms in total.